The highest BCUT2D eigenvalue weighted by Gasteiger charge is 2.14. The second-order valence-corrected chi connectivity index (χ2v) is 5.58. The molecule has 0 saturated heterocycles. The summed E-state index contributed by atoms with van der Waals surface area (Å²) in [5.74, 6) is 1.65. The minimum atomic E-state index is -0.342. The van der Waals surface area contributed by atoms with Crippen LogP contribution in [-0.4, -0.2) is 9.97 Å². The van der Waals surface area contributed by atoms with Gasteiger partial charge >= 0.3 is 0 Å². The standard InChI is InChI=1S/C14H15BrFN3O/c1-7(2)13-18-12(17)8(3)14(19-13)20-11-5-4-9(16)6-10(11)15/h4-7H,1-3H3,(H2,17,18,19). The van der Waals surface area contributed by atoms with Crippen molar-refractivity contribution in [1.29, 1.82) is 0 Å². The lowest BCUT2D eigenvalue weighted by molar-refractivity contribution is 0.449. The third-order valence-corrected chi connectivity index (χ3v) is 3.39. The van der Waals surface area contributed by atoms with Gasteiger partial charge in [0.25, 0.3) is 0 Å². The first-order chi connectivity index (χ1) is 9.38. The molecule has 0 fully saturated rings. The van der Waals surface area contributed by atoms with Crippen LogP contribution in [0.25, 0.3) is 0 Å². The first-order valence-electron chi connectivity index (χ1n) is 6.15. The molecular weight excluding hydrogens is 325 g/mol. The van der Waals surface area contributed by atoms with Gasteiger partial charge in [0.15, 0.2) is 0 Å². The third-order valence-electron chi connectivity index (χ3n) is 2.77. The fourth-order valence-electron chi connectivity index (χ4n) is 1.55. The summed E-state index contributed by atoms with van der Waals surface area (Å²) in [6, 6.07) is 4.19. The van der Waals surface area contributed by atoms with E-state index in [1.165, 1.54) is 18.2 Å². The third kappa shape index (κ3) is 3.07. The van der Waals surface area contributed by atoms with Crippen LogP contribution in [0.5, 0.6) is 11.6 Å². The molecule has 1 heterocycles. The largest absolute Gasteiger partial charge is 0.437 e. The van der Waals surface area contributed by atoms with E-state index in [0.717, 1.165) is 0 Å². The minimum absolute atomic E-state index is 0.136. The first kappa shape index (κ1) is 14.7. The van der Waals surface area contributed by atoms with Gasteiger partial charge < -0.3 is 10.5 Å². The smallest absolute Gasteiger partial charge is 0.227 e. The van der Waals surface area contributed by atoms with Crippen LogP contribution in [0, 0.1) is 12.7 Å². The molecule has 0 saturated carbocycles. The number of nitrogen functional groups attached to an aromatic ring is 1. The van der Waals surface area contributed by atoms with Crippen molar-refractivity contribution in [2.45, 2.75) is 26.7 Å². The fraction of sp³-hybridized carbons (Fsp3) is 0.286. The molecule has 0 atom stereocenters. The average molecular weight is 340 g/mol. The average Bonchev–Trinajstić information content (AvgIpc) is 2.37. The van der Waals surface area contributed by atoms with E-state index in [2.05, 4.69) is 25.9 Å². The van der Waals surface area contributed by atoms with Gasteiger partial charge in [0.05, 0.1) is 10.0 Å². The van der Waals surface area contributed by atoms with Crippen molar-refractivity contribution < 1.29 is 9.13 Å². The summed E-state index contributed by atoms with van der Waals surface area (Å²) in [6.07, 6.45) is 0. The molecule has 2 N–H and O–H groups in total. The number of hydrogen-bond donors (Lipinski definition) is 1. The summed E-state index contributed by atoms with van der Waals surface area (Å²) in [5.41, 5.74) is 6.53. The van der Waals surface area contributed by atoms with E-state index in [4.69, 9.17) is 10.5 Å². The molecule has 6 heteroatoms. The van der Waals surface area contributed by atoms with Crippen molar-refractivity contribution in [2.75, 3.05) is 5.73 Å². The number of aromatic nitrogens is 2. The topological polar surface area (TPSA) is 61.0 Å². The number of hydrogen-bond acceptors (Lipinski definition) is 4. The highest BCUT2D eigenvalue weighted by molar-refractivity contribution is 9.10. The second kappa shape index (κ2) is 5.75. The maximum Gasteiger partial charge on any atom is 0.227 e. The van der Waals surface area contributed by atoms with E-state index in [0.29, 0.717) is 33.3 Å². The molecule has 0 aliphatic carbocycles. The van der Waals surface area contributed by atoms with E-state index < -0.39 is 0 Å². The first-order valence-corrected chi connectivity index (χ1v) is 6.94. The Balaban J connectivity index is 2.42. The number of halogens is 2. The van der Waals surface area contributed by atoms with Crippen molar-refractivity contribution in [1.82, 2.24) is 9.97 Å². The Morgan fingerprint density at radius 1 is 1.30 bits per heavy atom. The van der Waals surface area contributed by atoms with Crippen molar-refractivity contribution in [3.05, 3.63) is 39.9 Å². The quantitative estimate of drug-likeness (QED) is 0.910. The van der Waals surface area contributed by atoms with Crippen molar-refractivity contribution in [3.8, 4) is 11.6 Å². The monoisotopic (exact) mass is 339 g/mol. The Bertz CT molecular complexity index is 647. The van der Waals surface area contributed by atoms with Gasteiger partial charge in [-0.1, -0.05) is 13.8 Å². The number of rotatable bonds is 3. The minimum Gasteiger partial charge on any atom is -0.437 e. The van der Waals surface area contributed by atoms with Crippen molar-refractivity contribution in [3.63, 3.8) is 0 Å². The number of nitrogens with zero attached hydrogens (tertiary/aromatic N) is 2. The molecule has 106 valence electrons. The van der Waals surface area contributed by atoms with Gasteiger partial charge in [-0.15, -0.1) is 0 Å². The Labute approximate surface area is 125 Å². The Hall–Kier alpha value is -1.69. The molecule has 0 aliphatic rings. The SMILES string of the molecule is Cc1c(N)nc(C(C)C)nc1Oc1ccc(F)cc1Br. The molecule has 0 spiro atoms. The molecule has 0 radical (unpaired) electrons. The van der Waals surface area contributed by atoms with E-state index in [1.54, 1.807) is 6.92 Å². The Morgan fingerprint density at radius 3 is 2.60 bits per heavy atom. The summed E-state index contributed by atoms with van der Waals surface area (Å²) in [7, 11) is 0. The van der Waals surface area contributed by atoms with Crippen LogP contribution >= 0.6 is 15.9 Å². The molecule has 2 rings (SSSR count). The normalized spacial score (nSPS) is 10.9. The zero-order valence-corrected chi connectivity index (χ0v) is 13.0. The van der Waals surface area contributed by atoms with Crippen LogP contribution in [-0.2, 0) is 0 Å². The molecule has 0 unspecified atom stereocenters. The summed E-state index contributed by atoms with van der Waals surface area (Å²) >= 11 is 3.26. The molecule has 1 aromatic carbocycles. The lowest BCUT2D eigenvalue weighted by Gasteiger charge is -2.13. The van der Waals surface area contributed by atoms with E-state index >= 15 is 0 Å². The lowest BCUT2D eigenvalue weighted by Crippen LogP contribution is -2.06. The Kier molecular flexibility index (Phi) is 4.23. The van der Waals surface area contributed by atoms with Crippen LogP contribution in [0.2, 0.25) is 0 Å². The highest BCUT2D eigenvalue weighted by Crippen LogP contribution is 2.32. The van der Waals surface area contributed by atoms with Gasteiger partial charge in [-0.25, -0.2) is 9.37 Å². The van der Waals surface area contributed by atoms with Gasteiger partial charge in [0, 0.05) is 5.92 Å². The van der Waals surface area contributed by atoms with Gasteiger partial charge in [-0.2, -0.15) is 4.98 Å². The number of ether oxygens (including phenoxy) is 1. The van der Waals surface area contributed by atoms with Crippen LogP contribution in [0.1, 0.15) is 31.2 Å². The van der Waals surface area contributed by atoms with Crippen LogP contribution in [0.15, 0.2) is 22.7 Å². The number of anilines is 1. The molecular formula is C14H15BrFN3O. The zero-order chi connectivity index (χ0) is 14.9. The summed E-state index contributed by atoms with van der Waals surface area (Å²) in [6.45, 7) is 5.73. The van der Waals surface area contributed by atoms with Gasteiger partial charge in [0.2, 0.25) is 5.88 Å². The molecule has 2 aromatic rings. The Morgan fingerprint density at radius 2 is 2.00 bits per heavy atom. The molecule has 0 bridgehead atoms. The molecule has 0 amide bonds. The van der Waals surface area contributed by atoms with Gasteiger partial charge in [-0.05, 0) is 41.1 Å². The second-order valence-electron chi connectivity index (χ2n) is 4.73. The van der Waals surface area contributed by atoms with E-state index in [1.807, 2.05) is 13.8 Å². The fourth-order valence-corrected chi connectivity index (χ4v) is 1.98. The maximum absolute atomic E-state index is 13.1. The lowest BCUT2D eigenvalue weighted by atomic mass is 10.2. The predicted octanol–water partition coefficient (Wildman–Crippen LogP) is 4.18. The van der Waals surface area contributed by atoms with E-state index in [-0.39, 0.29) is 11.7 Å². The van der Waals surface area contributed by atoms with Crippen LogP contribution in [0.3, 0.4) is 0 Å². The van der Waals surface area contributed by atoms with Crippen LogP contribution < -0.4 is 10.5 Å². The number of nitrogens with two attached hydrogens (primary N) is 1. The van der Waals surface area contributed by atoms with Gasteiger partial charge in [0.1, 0.15) is 23.2 Å². The molecule has 1 aromatic heterocycles. The maximum atomic E-state index is 13.1. The van der Waals surface area contributed by atoms with Crippen LogP contribution in [0.4, 0.5) is 10.2 Å². The summed E-state index contributed by atoms with van der Waals surface area (Å²) in [5, 5.41) is 0. The molecule has 4 nitrogen and oxygen atoms in total. The highest BCUT2D eigenvalue weighted by atomic mass is 79.9. The van der Waals surface area contributed by atoms with Crippen molar-refractivity contribution in [2.24, 2.45) is 0 Å². The van der Waals surface area contributed by atoms with E-state index in [9.17, 15) is 4.39 Å². The predicted molar refractivity (Wildman–Crippen MR) is 79.4 cm³/mol. The summed E-state index contributed by atoms with van der Waals surface area (Å²) < 4.78 is 19.3. The molecule has 20 heavy (non-hydrogen) atoms. The number of benzene rings is 1. The molecule has 0 aliphatic heterocycles. The van der Waals surface area contributed by atoms with Crippen molar-refractivity contribution >= 4 is 21.7 Å². The zero-order valence-electron chi connectivity index (χ0n) is 11.4. The summed E-state index contributed by atoms with van der Waals surface area (Å²) in [4.78, 5) is 8.59. The van der Waals surface area contributed by atoms with Gasteiger partial charge in [-0.3, -0.25) is 0 Å².